The van der Waals surface area contributed by atoms with Gasteiger partial charge in [0, 0.05) is 0 Å². The van der Waals surface area contributed by atoms with E-state index >= 15 is 0 Å². The van der Waals surface area contributed by atoms with E-state index in [4.69, 9.17) is 10.5 Å². The number of aliphatic hydroxyl groups is 1. The van der Waals surface area contributed by atoms with Crippen LogP contribution in [0.15, 0.2) is 24.3 Å². The van der Waals surface area contributed by atoms with Crippen molar-refractivity contribution in [2.45, 2.75) is 37.2 Å². The Kier molecular flexibility index (Phi) is 6.80. The SMILES string of the molecule is CCCC[C@@H](N)C(O)(S)C(=O)NNc1ccc(OC)cc1. The Bertz CT molecular complexity index is 451. The third-order valence-electron chi connectivity index (χ3n) is 3.13. The fourth-order valence-corrected chi connectivity index (χ4v) is 1.87. The monoisotopic (exact) mass is 313 g/mol. The van der Waals surface area contributed by atoms with Gasteiger partial charge in [0.2, 0.25) is 4.93 Å². The molecule has 118 valence electrons. The Balaban J connectivity index is 2.54. The second-order valence-electron chi connectivity index (χ2n) is 4.78. The number of carbonyl (C=O) groups is 1. The van der Waals surface area contributed by atoms with Crippen LogP contribution in [0.1, 0.15) is 26.2 Å². The molecule has 0 aliphatic carbocycles. The quantitative estimate of drug-likeness (QED) is 0.283. The summed E-state index contributed by atoms with van der Waals surface area (Å²) in [6.07, 6.45) is 2.28. The molecule has 0 fully saturated rings. The van der Waals surface area contributed by atoms with Gasteiger partial charge in [-0.05, 0) is 30.7 Å². The first-order valence-electron chi connectivity index (χ1n) is 6.82. The van der Waals surface area contributed by atoms with Crippen molar-refractivity contribution in [1.29, 1.82) is 0 Å². The third-order valence-corrected chi connectivity index (χ3v) is 3.67. The highest BCUT2D eigenvalue weighted by Crippen LogP contribution is 2.19. The van der Waals surface area contributed by atoms with Gasteiger partial charge >= 0.3 is 0 Å². The number of hydrazine groups is 1. The van der Waals surface area contributed by atoms with E-state index in [0.29, 0.717) is 17.9 Å². The van der Waals surface area contributed by atoms with E-state index in [1.807, 2.05) is 6.92 Å². The van der Waals surface area contributed by atoms with E-state index in [1.165, 1.54) is 0 Å². The van der Waals surface area contributed by atoms with Gasteiger partial charge in [-0.15, -0.1) is 12.6 Å². The lowest BCUT2D eigenvalue weighted by molar-refractivity contribution is -0.132. The first-order valence-corrected chi connectivity index (χ1v) is 7.27. The Morgan fingerprint density at radius 3 is 2.62 bits per heavy atom. The van der Waals surface area contributed by atoms with E-state index < -0.39 is 16.9 Å². The van der Waals surface area contributed by atoms with Crippen LogP contribution in [-0.4, -0.2) is 29.1 Å². The van der Waals surface area contributed by atoms with E-state index in [0.717, 1.165) is 12.8 Å². The number of nitrogens with one attached hydrogen (secondary N) is 2. The summed E-state index contributed by atoms with van der Waals surface area (Å²) in [4.78, 5) is 10.0. The van der Waals surface area contributed by atoms with Gasteiger partial charge in [-0.3, -0.25) is 15.6 Å². The molecule has 21 heavy (non-hydrogen) atoms. The minimum absolute atomic E-state index is 0.520. The number of ether oxygens (including phenoxy) is 1. The second-order valence-corrected chi connectivity index (χ2v) is 5.46. The van der Waals surface area contributed by atoms with Crippen LogP contribution in [0.5, 0.6) is 5.75 Å². The Hall–Kier alpha value is -1.44. The molecule has 0 aliphatic heterocycles. The maximum Gasteiger partial charge on any atom is 0.282 e. The number of hydrogen-bond donors (Lipinski definition) is 5. The molecule has 7 heteroatoms. The van der Waals surface area contributed by atoms with Crippen LogP contribution in [0.2, 0.25) is 0 Å². The van der Waals surface area contributed by atoms with Crippen molar-refractivity contribution >= 4 is 24.2 Å². The lowest BCUT2D eigenvalue weighted by Gasteiger charge is -2.27. The first kappa shape index (κ1) is 17.6. The van der Waals surface area contributed by atoms with Gasteiger partial charge < -0.3 is 15.6 Å². The van der Waals surface area contributed by atoms with Crippen molar-refractivity contribution in [3.63, 3.8) is 0 Å². The van der Waals surface area contributed by atoms with Gasteiger partial charge in [0.05, 0.1) is 18.8 Å². The fraction of sp³-hybridized carbons (Fsp3) is 0.500. The van der Waals surface area contributed by atoms with Gasteiger partial charge in [-0.1, -0.05) is 19.8 Å². The molecule has 1 amide bonds. The summed E-state index contributed by atoms with van der Waals surface area (Å²) in [7, 11) is 1.57. The smallest absolute Gasteiger partial charge is 0.282 e. The number of rotatable bonds is 8. The van der Waals surface area contributed by atoms with Gasteiger partial charge in [0.15, 0.2) is 0 Å². The van der Waals surface area contributed by atoms with Crippen LogP contribution in [0, 0.1) is 0 Å². The average molecular weight is 313 g/mol. The predicted molar refractivity (Wildman–Crippen MR) is 86.2 cm³/mol. The zero-order valence-electron chi connectivity index (χ0n) is 12.3. The van der Waals surface area contributed by atoms with Crippen molar-refractivity contribution in [2.24, 2.45) is 5.73 Å². The van der Waals surface area contributed by atoms with Gasteiger partial charge in [0.1, 0.15) is 5.75 Å². The molecule has 2 atom stereocenters. The molecule has 0 saturated heterocycles. The number of anilines is 1. The molecule has 0 heterocycles. The number of nitrogens with two attached hydrogens (primary N) is 1. The zero-order chi connectivity index (χ0) is 15.9. The molecule has 0 bridgehead atoms. The molecule has 1 aromatic rings. The summed E-state index contributed by atoms with van der Waals surface area (Å²) in [6.45, 7) is 2.01. The molecule has 0 aromatic heterocycles. The van der Waals surface area contributed by atoms with Crippen molar-refractivity contribution in [3.8, 4) is 5.75 Å². The minimum Gasteiger partial charge on any atom is -0.497 e. The van der Waals surface area contributed by atoms with Gasteiger partial charge in [-0.25, -0.2) is 0 Å². The first-order chi connectivity index (χ1) is 9.91. The summed E-state index contributed by atoms with van der Waals surface area (Å²) in [5.41, 5.74) is 11.6. The molecule has 1 aromatic carbocycles. The summed E-state index contributed by atoms with van der Waals surface area (Å²) < 4.78 is 5.03. The average Bonchev–Trinajstić information content (AvgIpc) is 2.50. The molecule has 0 aliphatic rings. The summed E-state index contributed by atoms with van der Waals surface area (Å²) in [5, 5.41) is 10.1. The minimum atomic E-state index is -1.92. The summed E-state index contributed by atoms with van der Waals surface area (Å²) in [5.74, 6) is 0.0180. The molecular weight excluding hydrogens is 290 g/mol. The molecule has 1 rings (SSSR count). The summed E-state index contributed by atoms with van der Waals surface area (Å²) in [6, 6.07) is 6.21. The van der Waals surface area contributed by atoms with Crippen LogP contribution in [0.25, 0.3) is 0 Å². The highest BCUT2D eigenvalue weighted by Gasteiger charge is 2.38. The normalized spacial score (nSPS) is 14.9. The van der Waals surface area contributed by atoms with E-state index in [1.54, 1.807) is 31.4 Å². The van der Waals surface area contributed by atoms with Gasteiger partial charge in [0.25, 0.3) is 5.91 Å². The number of methoxy groups -OCH3 is 1. The number of hydrogen-bond acceptors (Lipinski definition) is 6. The molecule has 0 radical (unpaired) electrons. The molecular formula is C14H23N3O3S. The highest BCUT2D eigenvalue weighted by atomic mass is 32.1. The van der Waals surface area contributed by atoms with Crippen molar-refractivity contribution in [2.75, 3.05) is 12.5 Å². The van der Waals surface area contributed by atoms with Crippen molar-refractivity contribution < 1.29 is 14.6 Å². The fourth-order valence-electron chi connectivity index (χ4n) is 1.69. The number of amides is 1. The largest absolute Gasteiger partial charge is 0.497 e. The summed E-state index contributed by atoms with van der Waals surface area (Å²) >= 11 is 3.99. The van der Waals surface area contributed by atoms with Gasteiger partial charge in [-0.2, -0.15) is 0 Å². The Morgan fingerprint density at radius 2 is 2.10 bits per heavy atom. The topological polar surface area (TPSA) is 96.6 Å². The second kappa shape index (κ2) is 8.11. The van der Waals surface area contributed by atoms with Crippen molar-refractivity contribution in [3.05, 3.63) is 24.3 Å². The van der Waals surface area contributed by atoms with E-state index in [-0.39, 0.29) is 0 Å². The molecule has 0 spiro atoms. The maximum absolute atomic E-state index is 12.0. The molecule has 6 nitrogen and oxygen atoms in total. The Morgan fingerprint density at radius 1 is 1.48 bits per heavy atom. The maximum atomic E-state index is 12.0. The molecule has 1 unspecified atom stereocenters. The Labute approximate surface area is 130 Å². The zero-order valence-corrected chi connectivity index (χ0v) is 13.2. The highest BCUT2D eigenvalue weighted by molar-refractivity contribution is 7.82. The molecule has 5 N–H and O–H groups in total. The molecule has 0 saturated carbocycles. The van der Waals surface area contributed by atoms with Crippen LogP contribution in [0.3, 0.4) is 0 Å². The third kappa shape index (κ3) is 5.11. The lowest BCUT2D eigenvalue weighted by atomic mass is 10.0. The predicted octanol–water partition coefficient (Wildman–Crippen LogP) is 1.27. The number of carbonyl (C=O) groups excluding carboxylic acids is 1. The lowest BCUT2D eigenvalue weighted by Crippen LogP contribution is -2.55. The standard InChI is InChI=1S/C14H23N3O3S/c1-3-4-5-12(15)14(19,21)13(18)17-16-10-6-8-11(20-2)9-7-10/h6-9,12,16,19,21H,3-5,15H2,1-2H3,(H,17,18)/t12-,14?/m1/s1. The van der Waals surface area contributed by atoms with Crippen LogP contribution in [0.4, 0.5) is 5.69 Å². The van der Waals surface area contributed by atoms with Crippen molar-refractivity contribution in [1.82, 2.24) is 5.43 Å². The van der Waals surface area contributed by atoms with Crippen LogP contribution in [-0.2, 0) is 4.79 Å². The van der Waals surface area contributed by atoms with Crippen LogP contribution >= 0.6 is 12.6 Å². The number of thiol groups is 1. The van der Waals surface area contributed by atoms with E-state index in [9.17, 15) is 9.90 Å². The van der Waals surface area contributed by atoms with Crippen LogP contribution < -0.4 is 21.3 Å². The number of benzene rings is 1. The van der Waals surface area contributed by atoms with E-state index in [2.05, 4.69) is 23.5 Å². The number of unbranched alkanes of at least 4 members (excludes halogenated alkanes) is 1.